The van der Waals surface area contributed by atoms with Gasteiger partial charge < -0.3 is 10.6 Å². The van der Waals surface area contributed by atoms with Crippen molar-refractivity contribution in [2.24, 2.45) is 11.8 Å². The summed E-state index contributed by atoms with van der Waals surface area (Å²) in [6.45, 7) is 4.18. The molecule has 0 aromatic heterocycles. The second-order valence-corrected chi connectivity index (χ2v) is 4.83. The first-order valence-electron chi connectivity index (χ1n) is 5.77. The molecule has 1 aliphatic carbocycles. The van der Waals surface area contributed by atoms with E-state index < -0.39 is 0 Å². The average molecular weight is 196 g/mol. The standard InChI is InChI=1S/C11H20N2O/c1-8-5-10(6-8)13-11(14)9-3-2-4-12-7-9/h8-10,12H,2-7H2,1H3,(H,13,14)/t8?,9-,10?/m0/s1. The monoisotopic (exact) mass is 196 g/mol. The van der Waals surface area contributed by atoms with Crippen LogP contribution in [0.5, 0.6) is 0 Å². The van der Waals surface area contributed by atoms with Crippen molar-refractivity contribution in [3.05, 3.63) is 0 Å². The largest absolute Gasteiger partial charge is 0.353 e. The lowest BCUT2D eigenvalue weighted by molar-refractivity contribution is -0.127. The summed E-state index contributed by atoms with van der Waals surface area (Å²) >= 11 is 0. The Hall–Kier alpha value is -0.570. The van der Waals surface area contributed by atoms with Gasteiger partial charge in [0.25, 0.3) is 0 Å². The van der Waals surface area contributed by atoms with Gasteiger partial charge >= 0.3 is 0 Å². The lowest BCUT2D eigenvalue weighted by Crippen LogP contribution is -2.48. The molecule has 0 spiro atoms. The molecule has 3 heteroatoms. The third kappa shape index (κ3) is 2.27. The molecule has 0 unspecified atom stereocenters. The maximum atomic E-state index is 11.8. The molecule has 1 aliphatic heterocycles. The van der Waals surface area contributed by atoms with Crippen molar-refractivity contribution in [2.45, 2.75) is 38.6 Å². The van der Waals surface area contributed by atoms with Crippen LogP contribution in [-0.2, 0) is 4.79 Å². The van der Waals surface area contributed by atoms with E-state index in [0.717, 1.165) is 31.8 Å². The highest BCUT2D eigenvalue weighted by molar-refractivity contribution is 5.79. The van der Waals surface area contributed by atoms with Crippen molar-refractivity contribution >= 4 is 5.91 Å². The van der Waals surface area contributed by atoms with Crippen LogP contribution in [0, 0.1) is 11.8 Å². The van der Waals surface area contributed by atoms with Crippen molar-refractivity contribution in [1.29, 1.82) is 0 Å². The summed E-state index contributed by atoms with van der Waals surface area (Å²) in [7, 11) is 0. The van der Waals surface area contributed by atoms with Gasteiger partial charge in [0.2, 0.25) is 5.91 Å². The molecule has 1 saturated heterocycles. The molecular formula is C11H20N2O. The molecular weight excluding hydrogens is 176 g/mol. The van der Waals surface area contributed by atoms with Gasteiger partial charge in [-0.2, -0.15) is 0 Å². The molecule has 1 atom stereocenters. The van der Waals surface area contributed by atoms with E-state index in [1.807, 2.05) is 0 Å². The lowest BCUT2D eigenvalue weighted by Gasteiger charge is -2.35. The smallest absolute Gasteiger partial charge is 0.224 e. The molecule has 0 aromatic rings. The number of amides is 1. The molecule has 0 aromatic carbocycles. The van der Waals surface area contributed by atoms with Crippen LogP contribution >= 0.6 is 0 Å². The van der Waals surface area contributed by atoms with Gasteiger partial charge in [-0.1, -0.05) is 6.92 Å². The number of hydrogen-bond acceptors (Lipinski definition) is 2. The molecule has 1 saturated carbocycles. The number of hydrogen-bond donors (Lipinski definition) is 2. The second-order valence-electron chi connectivity index (χ2n) is 4.83. The summed E-state index contributed by atoms with van der Waals surface area (Å²) in [5.41, 5.74) is 0. The molecule has 3 nitrogen and oxygen atoms in total. The maximum absolute atomic E-state index is 11.8. The van der Waals surface area contributed by atoms with Crippen molar-refractivity contribution in [3.63, 3.8) is 0 Å². The van der Waals surface area contributed by atoms with Gasteiger partial charge in [0.15, 0.2) is 0 Å². The van der Waals surface area contributed by atoms with E-state index in [9.17, 15) is 4.79 Å². The van der Waals surface area contributed by atoms with Gasteiger partial charge in [0, 0.05) is 12.6 Å². The van der Waals surface area contributed by atoms with E-state index in [-0.39, 0.29) is 11.8 Å². The third-order valence-corrected chi connectivity index (χ3v) is 3.39. The van der Waals surface area contributed by atoms with Crippen LogP contribution in [0.15, 0.2) is 0 Å². The molecule has 14 heavy (non-hydrogen) atoms. The minimum Gasteiger partial charge on any atom is -0.353 e. The minimum atomic E-state index is 0.222. The molecule has 2 N–H and O–H groups in total. The fraction of sp³-hybridized carbons (Fsp3) is 0.909. The molecule has 80 valence electrons. The van der Waals surface area contributed by atoms with Crippen molar-refractivity contribution in [3.8, 4) is 0 Å². The molecule has 1 amide bonds. The molecule has 2 fully saturated rings. The van der Waals surface area contributed by atoms with E-state index in [4.69, 9.17) is 0 Å². The van der Waals surface area contributed by atoms with Crippen LogP contribution in [0.4, 0.5) is 0 Å². The highest BCUT2D eigenvalue weighted by Gasteiger charge is 2.29. The number of rotatable bonds is 2. The van der Waals surface area contributed by atoms with Gasteiger partial charge in [0.05, 0.1) is 5.92 Å². The van der Waals surface area contributed by atoms with Gasteiger partial charge in [-0.3, -0.25) is 4.79 Å². The fourth-order valence-electron chi connectivity index (χ4n) is 2.41. The lowest BCUT2D eigenvalue weighted by atomic mass is 9.81. The van der Waals surface area contributed by atoms with E-state index in [1.165, 1.54) is 12.8 Å². The SMILES string of the molecule is CC1CC(NC(=O)[C@H]2CCCNC2)C1. The minimum absolute atomic E-state index is 0.222. The number of carbonyl (C=O) groups is 1. The molecule has 0 radical (unpaired) electrons. The predicted molar refractivity (Wildman–Crippen MR) is 55.9 cm³/mol. The van der Waals surface area contributed by atoms with E-state index in [2.05, 4.69) is 17.6 Å². The summed E-state index contributed by atoms with van der Waals surface area (Å²) < 4.78 is 0. The predicted octanol–water partition coefficient (Wildman–Crippen LogP) is 0.901. The van der Waals surface area contributed by atoms with Crippen molar-refractivity contribution in [1.82, 2.24) is 10.6 Å². The zero-order valence-corrected chi connectivity index (χ0v) is 8.88. The highest BCUT2D eigenvalue weighted by atomic mass is 16.2. The Morgan fingerprint density at radius 2 is 2.21 bits per heavy atom. The summed E-state index contributed by atoms with van der Waals surface area (Å²) in [4.78, 5) is 11.8. The van der Waals surface area contributed by atoms with Gasteiger partial charge in [0.1, 0.15) is 0 Å². The summed E-state index contributed by atoms with van der Waals surface area (Å²) in [5, 5.41) is 6.41. The highest BCUT2D eigenvalue weighted by Crippen LogP contribution is 2.26. The van der Waals surface area contributed by atoms with E-state index in [1.54, 1.807) is 0 Å². The van der Waals surface area contributed by atoms with Crippen molar-refractivity contribution in [2.75, 3.05) is 13.1 Å². The van der Waals surface area contributed by atoms with Crippen LogP contribution < -0.4 is 10.6 Å². The number of piperidine rings is 1. The molecule has 0 bridgehead atoms. The third-order valence-electron chi connectivity index (χ3n) is 3.39. The van der Waals surface area contributed by atoms with Crippen LogP contribution in [0.3, 0.4) is 0 Å². The van der Waals surface area contributed by atoms with Crippen LogP contribution in [0.2, 0.25) is 0 Å². The number of nitrogens with one attached hydrogen (secondary N) is 2. The Morgan fingerprint density at radius 1 is 1.43 bits per heavy atom. The van der Waals surface area contributed by atoms with Gasteiger partial charge in [-0.25, -0.2) is 0 Å². The maximum Gasteiger partial charge on any atom is 0.224 e. The van der Waals surface area contributed by atoms with Gasteiger partial charge in [-0.05, 0) is 38.1 Å². The first-order chi connectivity index (χ1) is 6.75. The summed E-state index contributed by atoms with van der Waals surface area (Å²) in [5.74, 6) is 1.30. The fourth-order valence-corrected chi connectivity index (χ4v) is 2.41. The Kier molecular flexibility index (Phi) is 3.06. The molecule has 2 rings (SSSR count). The van der Waals surface area contributed by atoms with Gasteiger partial charge in [-0.15, -0.1) is 0 Å². The van der Waals surface area contributed by atoms with E-state index >= 15 is 0 Å². The number of carbonyl (C=O) groups excluding carboxylic acids is 1. The van der Waals surface area contributed by atoms with Crippen molar-refractivity contribution < 1.29 is 4.79 Å². The topological polar surface area (TPSA) is 41.1 Å². The Morgan fingerprint density at radius 3 is 2.79 bits per heavy atom. The average Bonchev–Trinajstić information content (AvgIpc) is 2.17. The quantitative estimate of drug-likeness (QED) is 0.689. The first-order valence-corrected chi connectivity index (χ1v) is 5.77. The van der Waals surface area contributed by atoms with Crippen LogP contribution in [-0.4, -0.2) is 25.0 Å². The zero-order valence-electron chi connectivity index (χ0n) is 8.88. The summed E-state index contributed by atoms with van der Waals surface area (Å²) in [6.07, 6.45) is 4.54. The zero-order chi connectivity index (χ0) is 9.97. The molecule has 2 aliphatic rings. The van der Waals surface area contributed by atoms with E-state index in [0.29, 0.717) is 6.04 Å². The van der Waals surface area contributed by atoms with Crippen LogP contribution in [0.1, 0.15) is 32.6 Å². The summed E-state index contributed by atoms with van der Waals surface area (Å²) in [6, 6.07) is 0.472. The Bertz CT molecular complexity index is 205. The normalized spacial score (nSPS) is 37.4. The Balaban J connectivity index is 1.71. The second kappa shape index (κ2) is 4.30. The Labute approximate surface area is 85.6 Å². The van der Waals surface area contributed by atoms with Crippen LogP contribution in [0.25, 0.3) is 0 Å². The first kappa shape index (κ1) is 9.97. The molecule has 1 heterocycles.